The molecule has 0 fully saturated rings. The molecule has 0 N–H and O–H groups in total. The summed E-state index contributed by atoms with van der Waals surface area (Å²) in [6.07, 6.45) is 1.74. The Labute approximate surface area is 120 Å². The van der Waals surface area contributed by atoms with Crippen LogP contribution in [0.15, 0.2) is 30.6 Å². The summed E-state index contributed by atoms with van der Waals surface area (Å²) in [6.45, 7) is 0. The minimum atomic E-state index is -0.557. The van der Waals surface area contributed by atoms with E-state index in [1.165, 1.54) is 19.5 Å². The van der Waals surface area contributed by atoms with Gasteiger partial charge >= 0.3 is 0 Å². The molecule has 0 amide bonds. The van der Waals surface area contributed by atoms with Gasteiger partial charge in [0.2, 0.25) is 5.88 Å². The van der Waals surface area contributed by atoms with Crippen LogP contribution < -0.4 is 4.74 Å². The first-order valence-electron chi connectivity index (χ1n) is 5.54. The molecule has 6 heteroatoms. The smallest absolute Gasteiger partial charge is 0.216 e. The van der Waals surface area contributed by atoms with Crippen LogP contribution in [0.3, 0.4) is 0 Å². The maximum Gasteiger partial charge on any atom is 0.216 e. The Kier molecular flexibility index (Phi) is 4.56. The summed E-state index contributed by atoms with van der Waals surface area (Å²) >= 11 is 11.9. The molecule has 0 spiro atoms. The largest absolute Gasteiger partial charge is 0.481 e. The van der Waals surface area contributed by atoms with Gasteiger partial charge in [-0.05, 0) is 6.07 Å². The topological polar surface area (TPSA) is 35.0 Å². The van der Waals surface area contributed by atoms with Crippen molar-refractivity contribution in [2.75, 3.05) is 7.11 Å². The highest BCUT2D eigenvalue weighted by Gasteiger charge is 2.16. The fourth-order valence-electron chi connectivity index (χ4n) is 1.66. The molecule has 0 saturated heterocycles. The monoisotopic (exact) mass is 300 g/mol. The molecule has 0 aliphatic rings. The number of nitrogens with zero attached hydrogens (tertiary/aromatic N) is 2. The van der Waals surface area contributed by atoms with Crippen molar-refractivity contribution in [3.05, 3.63) is 52.7 Å². The lowest BCUT2D eigenvalue weighted by atomic mass is 10.1. The predicted octanol–water partition coefficient (Wildman–Crippen LogP) is 3.80. The molecule has 100 valence electrons. The lowest BCUT2D eigenvalue weighted by Gasteiger charge is -2.11. The Hall–Kier alpha value is -1.39. The van der Waals surface area contributed by atoms with Crippen molar-refractivity contribution in [1.29, 1.82) is 0 Å². The van der Waals surface area contributed by atoms with Crippen LogP contribution in [0.2, 0.25) is 5.02 Å². The molecule has 0 bridgehead atoms. The van der Waals surface area contributed by atoms with Gasteiger partial charge in [-0.3, -0.25) is 0 Å². The maximum absolute atomic E-state index is 13.8. The summed E-state index contributed by atoms with van der Waals surface area (Å²) in [5, 5.41) is -0.498. The number of benzene rings is 1. The molecule has 3 nitrogen and oxygen atoms in total. The van der Waals surface area contributed by atoms with Crippen LogP contribution in [0.5, 0.6) is 5.88 Å². The normalized spacial score (nSPS) is 12.2. The molecule has 0 aliphatic heterocycles. The van der Waals surface area contributed by atoms with Gasteiger partial charge in [-0.15, -0.1) is 11.6 Å². The van der Waals surface area contributed by atoms with E-state index >= 15 is 0 Å². The first kappa shape index (κ1) is 14.0. The Morgan fingerprint density at radius 3 is 2.89 bits per heavy atom. The molecule has 0 aliphatic carbocycles. The number of halogens is 3. The van der Waals surface area contributed by atoms with Crippen LogP contribution in [0.1, 0.15) is 16.6 Å². The maximum atomic E-state index is 13.8. The number of rotatable bonds is 4. The molecule has 1 aromatic heterocycles. The third-order valence-corrected chi connectivity index (χ3v) is 3.30. The second-order valence-electron chi connectivity index (χ2n) is 3.87. The molecular formula is C13H11Cl2FN2O. The van der Waals surface area contributed by atoms with E-state index in [4.69, 9.17) is 27.9 Å². The van der Waals surface area contributed by atoms with Crippen molar-refractivity contribution in [3.63, 3.8) is 0 Å². The summed E-state index contributed by atoms with van der Waals surface area (Å²) in [5.41, 5.74) is 1.03. The molecule has 2 aromatic rings. The van der Waals surface area contributed by atoms with Gasteiger partial charge in [0, 0.05) is 23.7 Å². The van der Waals surface area contributed by atoms with E-state index < -0.39 is 11.2 Å². The predicted molar refractivity (Wildman–Crippen MR) is 72.3 cm³/mol. The van der Waals surface area contributed by atoms with Gasteiger partial charge in [0.1, 0.15) is 12.1 Å². The van der Waals surface area contributed by atoms with Crippen LogP contribution in [0.4, 0.5) is 4.39 Å². The zero-order valence-corrected chi connectivity index (χ0v) is 11.6. The van der Waals surface area contributed by atoms with Crippen molar-refractivity contribution in [2.45, 2.75) is 11.8 Å². The van der Waals surface area contributed by atoms with Gasteiger partial charge in [-0.25, -0.2) is 14.4 Å². The van der Waals surface area contributed by atoms with E-state index in [1.807, 2.05) is 0 Å². The van der Waals surface area contributed by atoms with Crippen molar-refractivity contribution >= 4 is 23.2 Å². The summed E-state index contributed by atoms with van der Waals surface area (Å²) in [6, 6.07) is 6.42. The number of hydrogen-bond acceptors (Lipinski definition) is 3. The summed E-state index contributed by atoms with van der Waals surface area (Å²) in [5.74, 6) is -0.0504. The van der Waals surface area contributed by atoms with Crippen LogP contribution in [-0.4, -0.2) is 17.1 Å². The molecule has 1 atom stereocenters. The fourth-order valence-corrected chi connectivity index (χ4v) is 2.16. The van der Waals surface area contributed by atoms with E-state index in [9.17, 15) is 4.39 Å². The molecule has 19 heavy (non-hydrogen) atoms. The molecule has 1 aromatic carbocycles. The zero-order valence-electron chi connectivity index (χ0n) is 10.1. The zero-order chi connectivity index (χ0) is 13.8. The summed E-state index contributed by atoms with van der Waals surface area (Å²) in [4.78, 5) is 7.97. The highest BCUT2D eigenvalue weighted by atomic mass is 35.5. The Morgan fingerprint density at radius 2 is 2.16 bits per heavy atom. The van der Waals surface area contributed by atoms with Crippen molar-refractivity contribution in [1.82, 2.24) is 9.97 Å². The standard InChI is InChI=1S/C13H11Cl2FN2O/c1-19-12-6-8(17-7-18-12)5-11(15)9-3-2-4-10(14)13(9)16/h2-4,6-7,11H,5H2,1H3. The van der Waals surface area contributed by atoms with E-state index in [-0.39, 0.29) is 5.02 Å². The van der Waals surface area contributed by atoms with Gasteiger partial charge in [0.15, 0.2) is 0 Å². The van der Waals surface area contributed by atoms with E-state index in [1.54, 1.807) is 18.2 Å². The quantitative estimate of drug-likeness (QED) is 0.806. The highest BCUT2D eigenvalue weighted by Crippen LogP contribution is 2.30. The Morgan fingerprint density at radius 1 is 1.37 bits per heavy atom. The van der Waals surface area contributed by atoms with Crippen LogP contribution in [0.25, 0.3) is 0 Å². The minimum Gasteiger partial charge on any atom is -0.481 e. The van der Waals surface area contributed by atoms with Gasteiger partial charge in [-0.1, -0.05) is 23.7 Å². The van der Waals surface area contributed by atoms with Gasteiger partial charge in [0.05, 0.1) is 17.5 Å². The lowest BCUT2D eigenvalue weighted by Crippen LogP contribution is -2.02. The highest BCUT2D eigenvalue weighted by molar-refractivity contribution is 6.31. The number of methoxy groups -OCH3 is 1. The van der Waals surface area contributed by atoms with Crippen LogP contribution >= 0.6 is 23.2 Å². The Balaban J connectivity index is 2.20. The second kappa shape index (κ2) is 6.17. The average molecular weight is 301 g/mol. The average Bonchev–Trinajstić information content (AvgIpc) is 2.42. The summed E-state index contributed by atoms with van der Waals surface area (Å²) < 4.78 is 18.8. The first-order valence-corrected chi connectivity index (χ1v) is 6.36. The van der Waals surface area contributed by atoms with Gasteiger partial charge in [0.25, 0.3) is 0 Å². The molecule has 1 heterocycles. The van der Waals surface area contributed by atoms with Gasteiger partial charge < -0.3 is 4.74 Å². The fraction of sp³-hybridized carbons (Fsp3) is 0.231. The molecule has 2 rings (SSSR count). The van der Waals surface area contributed by atoms with Crippen molar-refractivity contribution < 1.29 is 9.13 Å². The van der Waals surface area contributed by atoms with Crippen molar-refractivity contribution in [2.24, 2.45) is 0 Å². The second-order valence-corrected chi connectivity index (χ2v) is 4.80. The summed E-state index contributed by atoms with van der Waals surface area (Å²) in [7, 11) is 1.51. The molecule has 0 radical (unpaired) electrons. The van der Waals surface area contributed by atoms with Crippen molar-refractivity contribution in [3.8, 4) is 5.88 Å². The van der Waals surface area contributed by atoms with E-state index in [2.05, 4.69) is 9.97 Å². The number of aromatic nitrogens is 2. The minimum absolute atomic E-state index is 0.0587. The van der Waals surface area contributed by atoms with E-state index in [0.29, 0.717) is 23.6 Å². The first-order chi connectivity index (χ1) is 9.11. The molecular weight excluding hydrogens is 290 g/mol. The third-order valence-electron chi connectivity index (χ3n) is 2.62. The number of ether oxygens (including phenoxy) is 1. The lowest BCUT2D eigenvalue weighted by molar-refractivity contribution is 0.396. The number of alkyl halides is 1. The SMILES string of the molecule is COc1cc(CC(Cl)c2cccc(Cl)c2F)ncn1. The van der Waals surface area contributed by atoms with Crippen LogP contribution in [-0.2, 0) is 6.42 Å². The number of hydrogen-bond donors (Lipinski definition) is 0. The Bertz CT molecular complexity index is 580. The molecule has 0 saturated carbocycles. The third kappa shape index (κ3) is 3.33. The van der Waals surface area contributed by atoms with Gasteiger partial charge in [-0.2, -0.15) is 0 Å². The van der Waals surface area contributed by atoms with Crippen LogP contribution in [0, 0.1) is 5.82 Å². The molecule has 1 unspecified atom stereocenters. The van der Waals surface area contributed by atoms with E-state index in [0.717, 1.165) is 0 Å².